The lowest BCUT2D eigenvalue weighted by molar-refractivity contribution is -0.126. The molecule has 0 heterocycles. The molecular formula is C20H21Cl2N3O6. The molecule has 0 spiro atoms. The number of amides is 1. The molecule has 166 valence electrons. The summed E-state index contributed by atoms with van der Waals surface area (Å²) >= 11 is 12.3. The summed E-state index contributed by atoms with van der Waals surface area (Å²) in [6, 6.07) is 4.65. The van der Waals surface area contributed by atoms with Crippen LogP contribution in [0.4, 0.5) is 11.4 Å². The molecule has 11 heteroatoms. The molecule has 0 aliphatic heterocycles. The fraction of sp³-hybridized carbons (Fsp3) is 0.300. The first-order valence-corrected chi connectivity index (χ1v) is 9.57. The standard InChI is InChI=1S/C20H21Cl2N3O6/c1-10(26)17(25-24-13-6-7-14(28-2)16(22)19(13)31-5)20(27)23-11-8-12(21)18(30-4)15(9-11)29-3/h6-9,17H,1-5H3,(H,23,27). The Bertz CT molecular complexity index is 1010. The largest absolute Gasteiger partial charge is 0.495 e. The van der Waals surface area contributed by atoms with Gasteiger partial charge < -0.3 is 24.3 Å². The molecule has 1 atom stereocenters. The predicted molar refractivity (Wildman–Crippen MR) is 117 cm³/mol. The van der Waals surface area contributed by atoms with E-state index in [0.29, 0.717) is 22.9 Å². The van der Waals surface area contributed by atoms with Crippen LogP contribution in [-0.4, -0.2) is 46.2 Å². The van der Waals surface area contributed by atoms with Gasteiger partial charge in [0.2, 0.25) is 6.04 Å². The molecule has 0 aliphatic rings. The number of nitrogens with one attached hydrogen (secondary N) is 1. The van der Waals surface area contributed by atoms with Crippen LogP contribution in [0.15, 0.2) is 34.5 Å². The van der Waals surface area contributed by atoms with Gasteiger partial charge in [-0.3, -0.25) is 9.59 Å². The van der Waals surface area contributed by atoms with Crippen molar-refractivity contribution in [3.05, 3.63) is 34.3 Å². The van der Waals surface area contributed by atoms with E-state index in [1.165, 1.54) is 53.6 Å². The maximum atomic E-state index is 12.7. The number of benzene rings is 2. The van der Waals surface area contributed by atoms with Crippen molar-refractivity contribution in [1.29, 1.82) is 0 Å². The molecule has 0 aromatic heterocycles. The predicted octanol–water partition coefficient (Wildman–Crippen LogP) is 4.71. The Morgan fingerprint density at radius 3 is 2.13 bits per heavy atom. The van der Waals surface area contributed by atoms with Crippen molar-refractivity contribution >= 4 is 46.3 Å². The van der Waals surface area contributed by atoms with E-state index < -0.39 is 17.7 Å². The number of ether oxygens (including phenoxy) is 4. The molecule has 2 rings (SSSR count). The molecule has 31 heavy (non-hydrogen) atoms. The van der Waals surface area contributed by atoms with Crippen molar-refractivity contribution in [2.45, 2.75) is 13.0 Å². The van der Waals surface area contributed by atoms with Crippen LogP contribution in [0, 0.1) is 0 Å². The summed E-state index contributed by atoms with van der Waals surface area (Å²) in [4.78, 5) is 24.7. The van der Waals surface area contributed by atoms with Gasteiger partial charge in [-0.2, -0.15) is 10.2 Å². The fourth-order valence-corrected chi connectivity index (χ4v) is 3.20. The molecule has 2 aromatic rings. The molecule has 0 radical (unpaired) electrons. The Balaban J connectivity index is 2.31. The Morgan fingerprint density at radius 2 is 1.58 bits per heavy atom. The molecule has 1 amide bonds. The molecule has 0 fully saturated rings. The van der Waals surface area contributed by atoms with Gasteiger partial charge in [0.1, 0.15) is 16.5 Å². The van der Waals surface area contributed by atoms with Crippen molar-refractivity contribution in [1.82, 2.24) is 0 Å². The minimum absolute atomic E-state index is 0.185. The number of carbonyl (C=O) groups is 2. The number of ketones is 1. The number of hydrogen-bond acceptors (Lipinski definition) is 8. The van der Waals surface area contributed by atoms with Crippen LogP contribution in [0.1, 0.15) is 6.92 Å². The number of rotatable bonds is 9. The monoisotopic (exact) mass is 469 g/mol. The van der Waals surface area contributed by atoms with Crippen molar-refractivity contribution < 1.29 is 28.5 Å². The van der Waals surface area contributed by atoms with Crippen molar-refractivity contribution in [3.8, 4) is 23.0 Å². The highest BCUT2D eigenvalue weighted by Crippen LogP contribution is 2.41. The number of nitrogens with zero attached hydrogens (tertiary/aromatic N) is 2. The number of azo groups is 1. The molecule has 2 aromatic carbocycles. The number of methoxy groups -OCH3 is 4. The topological polar surface area (TPSA) is 108 Å². The summed E-state index contributed by atoms with van der Waals surface area (Å²) in [5.41, 5.74) is 0.515. The molecule has 9 nitrogen and oxygen atoms in total. The molecule has 1 unspecified atom stereocenters. The third-order valence-corrected chi connectivity index (χ3v) is 4.72. The highest BCUT2D eigenvalue weighted by molar-refractivity contribution is 6.34. The first kappa shape index (κ1) is 24.2. The van der Waals surface area contributed by atoms with Gasteiger partial charge in [0, 0.05) is 11.8 Å². The lowest BCUT2D eigenvalue weighted by Crippen LogP contribution is -2.31. The van der Waals surface area contributed by atoms with Crippen molar-refractivity contribution in [2.75, 3.05) is 33.8 Å². The number of carbonyl (C=O) groups excluding carboxylic acids is 2. The van der Waals surface area contributed by atoms with Crippen LogP contribution in [0.5, 0.6) is 23.0 Å². The number of hydrogen-bond donors (Lipinski definition) is 1. The van der Waals surface area contributed by atoms with E-state index in [4.69, 9.17) is 42.1 Å². The normalized spacial score (nSPS) is 11.7. The zero-order valence-electron chi connectivity index (χ0n) is 17.5. The lowest BCUT2D eigenvalue weighted by Gasteiger charge is -2.14. The van der Waals surface area contributed by atoms with Crippen LogP contribution >= 0.6 is 23.2 Å². The Hall–Kier alpha value is -3.04. The maximum Gasteiger partial charge on any atom is 0.258 e. The third-order valence-electron chi connectivity index (χ3n) is 4.08. The van der Waals surface area contributed by atoms with E-state index in [2.05, 4.69) is 15.5 Å². The summed E-state index contributed by atoms with van der Waals surface area (Å²) < 4.78 is 20.7. The van der Waals surface area contributed by atoms with Crippen LogP contribution in [0.3, 0.4) is 0 Å². The molecule has 0 bridgehead atoms. The third kappa shape index (κ3) is 5.56. The van der Waals surface area contributed by atoms with Crippen LogP contribution < -0.4 is 24.3 Å². The van der Waals surface area contributed by atoms with Gasteiger partial charge >= 0.3 is 0 Å². The molecule has 0 saturated heterocycles. The molecule has 0 aliphatic carbocycles. The lowest BCUT2D eigenvalue weighted by atomic mass is 10.2. The van der Waals surface area contributed by atoms with E-state index in [0.717, 1.165) is 0 Å². The zero-order valence-corrected chi connectivity index (χ0v) is 19.0. The zero-order chi connectivity index (χ0) is 23.1. The van der Waals surface area contributed by atoms with E-state index in [1.807, 2.05) is 0 Å². The number of Topliss-reactive ketones (excluding diaryl/α,β-unsaturated/α-hetero) is 1. The summed E-state index contributed by atoms with van der Waals surface area (Å²) in [5.74, 6) is -0.0373. The minimum atomic E-state index is -1.42. The molecule has 1 N–H and O–H groups in total. The smallest absolute Gasteiger partial charge is 0.258 e. The summed E-state index contributed by atoms with van der Waals surface area (Å²) in [7, 11) is 5.72. The summed E-state index contributed by atoms with van der Waals surface area (Å²) in [6.45, 7) is 1.23. The maximum absolute atomic E-state index is 12.7. The minimum Gasteiger partial charge on any atom is -0.495 e. The van der Waals surface area contributed by atoms with E-state index >= 15 is 0 Å². The van der Waals surface area contributed by atoms with Crippen LogP contribution in [0.2, 0.25) is 10.0 Å². The van der Waals surface area contributed by atoms with Gasteiger partial charge in [-0.25, -0.2) is 0 Å². The Kier molecular flexibility index (Phi) is 8.47. The van der Waals surface area contributed by atoms with Crippen molar-refractivity contribution in [2.24, 2.45) is 10.2 Å². The Morgan fingerprint density at radius 1 is 0.935 bits per heavy atom. The van der Waals surface area contributed by atoms with Gasteiger partial charge in [0.15, 0.2) is 23.0 Å². The highest BCUT2D eigenvalue weighted by atomic mass is 35.5. The highest BCUT2D eigenvalue weighted by Gasteiger charge is 2.24. The number of halogens is 2. The second-order valence-electron chi connectivity index (χ2n) is 6.05. The second kappa shape index (κ2) is 10.8. The second-order valence-corrected chi connectivity index (χ2v) is 6.83. The van der Waals surface area contributed by atoms with Crippen LogP contribution in [0.25, 0.3) is 0 Å². The quantitative estimate of drug-likeness (QED) is 0.420. The molecular weight excluding hydrogens is 449 g/mol. The van der Waals surface area contributed by atoms with Gasteiger partial charge in [-0.05, 0) is 25.1 Å². The van der Waals surface area contributed by atoms with E-state index in [-0.39, 0.29) is 21.5 Å². The van der Waals surface area contributed by atoms with E-state index in [9.17, 15) is 9.59 Å². The van der Waals surface area contributed by atoms with Gasteiger partial charge in [0.05, 0.1) is 33.5 Å². The van der Waals surface area contributed by atoms with Gasteiger partial charge in [0.25, 0.3) is 5.91 Å². The summed E-state index contributed by atoms with van der Waals surface area (Å²) in [5, 5.41) is 10.8. The molecule has 0 saturated carbocycles. The average Bonchev–Trinajstić information content (AvgIpc) is 2.73. The Labute approximate surface area is 189 Å². The van der Waals surface area contributed by atoms with Gasteiger partial charge in [-0.1, -0.05) is 23.2 Å². The SMILES string of the molecule is COc1ccc(N=NC(C(C)=O)C(=O)Nc2cc(Cl)c(OC)c(OC)c2)c(OC)c1Cl. The first-order valence-electron chi connectivity index (χ1n) is 8.81. The van der Waals surface area contributed by atoms with Crippen LogP contribution in [-0.2, 0) is 9.59 Å². The van der Waals surface area contributed by atoms with E-state index in [1.54, 1.807) is 6.07 Å². The number of anilines is 1. The summed E-state index contributed by atoms with van der Waals surface area (Å²) in [6.07, 6.45) is 0. The fourth-order valence-electron chi connectivity index (χ4n) is 2.60. The average molecular weight is 470 g/mol. The van der Waals surface area contributed by atoms with Crippen molar-refractivity contribution in [3.63, 3.8) is 0 Å². The first-order chi connectivity index (χ1) is 14.8. The van der Waals surface area contributed by atoms with Gasteiger partial charge in [-0.15, -0.1) is 0 Å².